The molecule has 0 aliphatic carbocycles. The Hall–Kier alpha value is -0.850. The van der Waals surface area contributed by atoms with E-state index in [0.29, 0.717) is 0 Å². The van der Waals surface area contributed by atoms with Gasteiger partial charge in [-0.05, 0) is 12.5 Å². The quantitative estimate of drug-likeness (QED) is 0.574. The highest BCUT2D eigenvalue weighted by Crippen LogP contribution is 2.30. The minimum atomic E-state index is -0.307. The molecule has 5 nitrogen and oxygen atoms in total. The summed E-state index contributed by atoms with van der Waals surface area (Å²) in [5, 5.41) is 9.02. The third-order valence-electron chi connectivity index (χ3n) is 2.67. The van der Waals surface area contributed by atoms with Crippen molar-refractivity contribution in [3.63, 3.8) is 0 Å². The van der Waals surface area contributed by atoms with Crippen molar-refractivity contribution in [1.29, 1.82) is 0 Å². The normalized spacial score (nSPS) is 26.7. The maximum Gasteiger partial charge on any atom is 0.244 e. The van der Waals surface area contributed by atoms with Crippen LogP contribution in [0.3, 0.4) is 0 Å². The van der Waals surface area contributed by atoms with Gasteiger partial charge in [0.2, 0.25) is 5.91 Å². The molecule has 1 heterocycles. The standard InChI is InChI=1S/C12H20N2O3S/c1-3-9(4-5-11(13)14-8(2)16)10-7-18-12(6-15)17-10/h4-5,9-10,12,15H,3,6-7H2,1-2H3,(H2,13,14,16). The first-order valence-electron chi connectivity index (χ1n) is 5.97. The zero-order valence-corrected chi connectivity index (χ0v) is 11.5. The molecule has 0 radical (unpaired) electrons. The van der Waals surface area contributed by atoms with Gasteiger partial charge in [-0.2, -0.15) is 4.99 Å². The molecule has 1 amide bonds. The highest BCUT2D eigenvalue weighted by atomic mass is 32.2. The maximum absolute atomic E-state index is 10.7. The fraction of sp³-hybridized carbons (Fsp3) is 0.667. The number of ether oxygens (including phenoxy) is 1. The summed E-state index contributed by atoms with van der Waals surface area (Å²) in [5.41, 5.74) is 5.46. The summed E-state index contributed by atoms with van der Waals surface area (Å²) in [6.07, 6.45) is 4.56. The number of thioether (sulfide) groups is 1. The number of hydrogen-bond donors (Lipinski definition) is 2. The van der Waals surface area contributed by atoms with E-state index in [-0.39, 0.29) is 35.8 Å². The number of nitrogens with two attached hydrogens (primary N) is 1. The lowest BCUT2D eigenvalue weighted by atomic mass is 10.00. The topological polar surface area (TPSA) is 84.9 Å². The molecule has 3 atom stereocenters. The van der Waals surface area contributed by atoms with Crippen LogP contribution in [-0.2, 0) is 9.53 Å². The second-order valence-corrected chi connectivity index (χ2v) is 5.30. The van der Waals surface area contributed by atoms with E-state index in [4.69, 9.17) is 15.6 Å². The van der Waals surface area contributed by atoms with Gasteiger partial charge in [-0.25, -0.2) is 0 Å². The number of rotatable bonds is 5. The molecule has 0 spiro atoms. The maximum atomic E-state index is 10.7. The lowest BCUT2D eigenvalue weighted by molar-refractivity contribution is -0.115. The van der Waals surface area contributed by atoms with Crippen molar-refractivity contribution in [2.24, 2.45) is 16.6 Å². The van der Waals surface area contributed by atoms with E-state index in [1.807, 2.05) is 6.08 Å². The molecule has 18 heavy (non-hydrogen) atoms. The van der Waals surface area contributed by atoms with Gasteiger partial charge in [-0.15, -0.1) is 11.8 Å². The molecule has 0 aromatic rings. The highest BCUT2D eigenvalue weighted by Gasteiger charge is 2.29. The van der Waals surface area contributed by atoms with Crippen LogP contribution >= 0.6 is 11.8 Å². The smallest absolute Gasteiger partial charge is 0.244 e. The van der Waals surface area contributed by atoms with E-state index < -0.39 is 0 Å². The number of carbonyl (C=O) groups excluding carboxylic acids is 1. The predicted octanol–water partition coefficient (Wildman–Crippen LogP) is 0.923. The Labute approximate surface area is 111 Å². The fourth-order valence-corrected chi connectivity index (χ4v) is 2.82. The summed E-state index contributed by atoms with van der Waals surface area (Å²) in [4.78, 5) is 14.4. The van der Waals surface area contributed by atoms with Crippen LogP contribution in [0, 0.1) is 5.92 Å². The zero-order valence-electron chi connectivity index (χ0n) is 10.7. The molecule has 6 heteroatoms. The minimum absolute atomic E-state index is 0.0370. The van der Waals surface area contributed by atoms with E-state index in [1.54, 1.807) is 17.8 Å². The van der Waals surface area contributed by atoms with E-state index >= 15 is 0 Å². The molecule has 1 aliphatic heterocycles. The second-order valence-electron chi connectivity index (χ2n) is 4.11. The lowest BCUT2D eigenvalue weighted by Crippen LogP contribution is -2.23. The zero-order chi connectivity index (χ0) is 13.5. The van der Waals surface area contributed by atoms with Crippen LogP contribution in [0.25, 0.3) is 0 Å². The molecule has 0 aromatic heterocycles. The molecule has 1 saturated heterocycles. The van der Waals surface area contributed by atoms with Crippen molar-refractivity contribution in [2.45, 2.75) is 31.8 Å². The highest BCUT2D eigenvalue weighted by molar-refractivity contribution is 8.00. The van der Waals surface area contributed by atoms with Gasteiger partial charge in [0.05, 0.1) is 12.7 Å². The Morgan fingerprint density at radius 2 is 2.44 bits per heavy atom. The van der Waals surface area contributed by atoms with E-state index in [0.717, 1.165) is 12.2 Å². The van der Waals surface area contributed by atoms with Gasteiger partial charge in [0.1, 0.15) is 11.3 Å². The third kappa shape index (κ3) is 4.80. The summed E-state index contributed by atoms with van der Waals surface area (Å²) in [6, 6.07) is 0. The van der Waals surface area contributed by atoms with Crippen LogP contribution in [0.1, 0.15) is 20.3 Å². The molecule has 0 saturated carbocycles. The second kappa shape index (κ2) is 7.56. The van der Waals surface area contributed by atoms with Crippen LogP contribution in [0.4, 0.5) is 0 Å². The molecule has 1 rings (SSSR count). The number of aliphatic hydroxyl groups is 1. The number of amides is 1. The van der Waals surface area contributed by atoms with Crippen molar-refractivity contribution in [3.8, 4) is 0 Å². The molecule has 102 valence electrons. The van der Waals surface area contributed by atoms with Gasteiger partial charge < -0.3 is 15.6 Å². The Kier molecular flexibility index (Phi) is 6.38. The number of aliphatic hydroxyl groups excluding tert-OH is 1. The van der Waals surface area contributed by atoms with E-state index in [1.165, 1.54) is 6.92 Å². The van der Waals surface area contributed by atoms with Gasteiger partial charge >= 0.3 is 0 Å². The monoisotopic (exact) mass is 272 g/mol. The largest absolute Gasteiger partial charge is 0.393 e. The Balaban J connectivity index is 2.57. The number of nitrogens with zero attached hydrogens (tertiary/aromatic N) is 1. The molecule has 3 unspecified atom stereocenters. The average molecular weight is 272 g/mol. The van der Waals surface area contributed by atoms with Crippen molar-refractivity contribution < 1.29 is 14.6 Å². The Morgan fingerprint density at radius 1 is 1.72 bits per heavy atom. The Morgan fingerprint density at radius 3 is 2.94 bits per heavy atom. The predicted molar refractivity (Wildman–Crippen MR) is 73.4 cm³/mol. The molecule has 1 fully saturated rings. The SMILES string of the molecule is CCC(C=CC(N)=NC(C)=O)C1CSC(CO)O1. The lowest BCUT2D eigenvalue weighted by Gasteiger charge is -2.18. The van der Waals surface area contributed by atoms with Crippen LogP contribution in [0.2, 0.25) is 0 Å². The van der Waals surface area contributed by atoms with E-state index in [9.17, 15) is 4.79 Å². The summed E-state index contributed by atoms with van der Waals surface area (Å²) >= 11 is 1.62. The third-order valence-corrected chi connectivity index (χ3v) is 3.82. The Bertz CT molecular complexity index is 344. The first-order chi connectivity index (χ1) is 8.56. The summed E-state index contributed by atoms with van der Waals surface area (Å²) in [6.45, 7) is 3.46. The van der Waals surface area contributed by atoms with Crippen LogP contribution in [0.5, 0.6) is 0 Å². The van der Waals surface area contributed by atoms with Crippen molar-refractivity contribution in [3.05, 3.63) is 12.2 Å². The molecule has 1 aliphatic rings. The van der Waals surface area contributed by atoms with Gasteiger partial charge in [-0.1, -0.05) is 13.0 Å². The van der Waals surface area contributed by atoms with Crippen LogP contribution in [0.15, 0.2) is 17.1 Å². The van der Waals surface area contributed by atoms with Crippen LogP contribution < -0.4 is 5.73 Å². The summed E-state index contributed by atoms with van der Waals surface area (Å²) < 4.78 is 5.69. The average Bonchev–Trinajstić information content (AvgIpc) is 2.77. The molecule has 0 aromatic carbocycles. The van der Waals surface area contributed by atoms with Gasteiger partial charge in [0, 0.05) is 18.6 Å². The fourth-order valence-electron chi connectivity index (χ4n) is 1.76. The van der Waals surface area contributed by atoms with Crippen molar-refractivity contribution in [1.82, 2.24) is 0 Å². The van der Waals surface area contributed by atoms with Crippen molar-refractivity contribution in [2.75, 3.05) is 12.4 Å². The minimum Gasteiger partial charge on any atom is -0.393 e. The van der Waals surface area contributed by atoms with Gasteiger partial charge in [-0.3, -0.25) is 4.79 Å². The molecular formula is C12H20N2O3S. The molecule has 0 bridgehead atoms. The molecule has 3 N–H and O–H groups in total. The van der Waals surface area contributed by atoms with Crippen molar-refractivity contribution >= 4 is 23.5 Å². The number of aliphatic imine (C=N–C) groups is 1. The first kappa shape index (κ1) is 15.2. The number of amidine groups is 1. The summed E-state index contributed by atoms with van der Waals surface area (Å²) in [7, 11) is 0. The summed E-state index contributed by atoms with van der Waals surface area (Å²) in [5.74, 6) is 0.982. The van der Waals surface area contributed by atoms with E-state index in [2.05, 4.69) is 11.9 Å². The number of hydrogen-bond acceptors (Lipinski definition) is 4. The first-order valence-corrected chi connectivity index (χ1v) is 7.02. The van der Waals surface area contributed by atoms with Gasteiger partial charge in [0.15, 0.2) is 0 Å². The van der Waals surface area contributed by atoms with Gasteiger partial charge in [0.25, 0.3) is 0 Å². The molecular weight excluding hydrogens is 252 g/mol. The van der Waals surface area contributed by atoms with Crippen LogP contribution in [-0.4, -0.2) is 40.7 Å². The number of carbonyl (C=O) groups is 1.